The molecule has 0 spiro atoms. The number of aryl methyl sites for hydroxylation is 1. The van der Waals surface area contributed by atoms with Crippen LogP contribution in [0.1, 0.15) is 80.4 Å². The van der Waals surface area contributed by atoms with Crippen LogP contribution in [0.3, 0.4) is 0 Å². The minimum Gasteiger partial charge on any atom is -0.508 e. The second-order valence-electron chi connectivity index (χ2n) is 10.4. The predicted molar refractivity (Wildman–Crippen MR) is 130 cm³/mol. The summed E-state index contributed by atoms with van der Waals surface area (Å²) >= 11 is 0. The molecule has 1 N–H and O–H groups in total. The van der Waals surface area contributed by atoms with Crippen molar-refractivity contribution in [2.75, 3.05) is 18.0 Å². The van der Waals surface area contributed by atoms with Crippen molar-refractivity contribution in [3.63, 3.8) is 0 Å². The summed E-state index contributed by atoms with van der Waals surface area (Å²) < 4.78 is 0. The fourth-order valence-corrected chi connectivity index (χ4v) is 6.69. The number of benzene rings is 2. The minimum absolute atomic E-state index is 0.237. The van der Waals surface area contributed by atoms with E-state index in [0.29, 0.717) is 17.6 Å². The summed E-state index contributed by atoms with van der Waals surface area (Å²) in [5, 5.41) is 10.1. The van der Waals surface area contributed by atoms with E-state index in [4.69, 9.17) is 0 Å². The number of aldehydes is 1. The molecule has 3 heteroatoms. The van der Waals surface area contributed by atoms with Crippen LogP contribution in [0.25, 0.3) is 0 Å². The molecular weight excluding hydrogens is 394 g/mol. The molecule has 3 aliphatic rings. The quantitative estimate of drug-likeness (QED) is 0.445. The topological polar surface area (TPSA) is 40.5 Å². The average Bonchev–Trinajstić information content (AvgIpc) is 3.13. The molecule has 32 heavy (non-hydrogen) atoms. The van der Waals surface area contributed by atoms with Crippen LogP contribution in [0.4, 0.5) is 5.69 Å². The molecule has 0 aromatic heterocycles. The van der Waals surface area contributed by atoms with Crippen LogP contribution in [-0.2, 0) is 11.2 Å². The van der Waals surface area contributed by atoms with Crippen molar-refractivity contribution in [1.29, 1.82) is 0 Å². The molecule has 3 nitrogen and oxygen atoms in total. The van der Waals surface area contributed by atoms with Gasteiger partial charge in [0.2, 0.25) is 0 Å². The van der Waals surface area contributed by atoms with E-state index in [-0.39, 0.29) is 5.92 Å². The lowest BCUT2D eigenvalue weighted by Gasteiger charge is -2.39. The number of hydrogen-bond donors (Lipinski definition) is 1. The number of piperidine rings is 1. The molecule has 1 heterocycles. The van der Waals surface area contributed by atoms with Crippen molar-refractivity contribution in [3.8, 4) is 5.75 Å². The Morgan fingerprint density at radius 1 is 0.844 bits per heavy atom. The lowest BCUT2D eigenvalue weighted by Crippen LogP contribution is -2.34. The number of fused-ring (bicyclic) bond motifs is 1. The summed E-state index contributed by atoms with van der Waals surface area (Å²) in [6.07, 6.45) is 13.7. The highest BCUT2D eigenvalue weighted by Crippen LogP contribution is 2.48. The van der Waals surface area contributed by atoms with Crippen molar-refractivity contribution in [3.05, 3.63) is 59.2 Å². The molecule has 2 fully saturated rings. The molecule has 2 atom stereocenters. The molecule has 1 aliphatic heterocycles. The Balaban J connectivity index is 1.43. The monoisotopic (exact) mass is 431 g/mol. The summed E-state index contributed by atoms with van der Waals surface area (Å²) in [6, 6.07) is 15.4. The van der Waals surface area contributed by atoms with Gasteiger partial charge in [-0.25, -0.2) is 0 Å². The molecule has 170 valence electrons. The normalized spacial score (nSPS) is 25.2. The van der Waals surface area contributed by atoms with Crippen LogP contribution in [-0.4, -0.2) is 24.5 Å². The zero-order chi connectivity index (χ0) is 21.9. The number of phenolic OH excluding ortho intramolecular Hbond substituents is 1. The van der Waals surface area contributed by atoms with Crippen molar-refractivity contribution >= 4 is 12.0 Å². The Bertz CT molecular complexity index is 905. The van der Waals surface area contributed by atoms with Gasteiger partial charge in [0.05, 0.1) is 0 Å². The van der Waals surface area contributed by atoms with Gasteiger partial charge in [-0.1, -0.05) is 56.7 Å². The highest BCUT2D eigenvalue weighted by atomic mass is 16.3. The highest BCUT2D eigenvalue weighted by molar-refractivity contribution is 5.56. The molecule has 0 radical (unpaired) electrons. The number of carbonyl (C=O) groups excluding carboxylic acids is 1. The van der Waals surface area contributed by atoms with E-state index in [2.05, 4.69) is 35.2 Å². The van der Waals surface area contributed by atoms with Crippen molar-refractivity contribution < 1.29 is 9.90 Å². The molecule has 1 saturated heterocycles. The van der Waals surface area contributed by atoms with E-state index >= 15 is 0 Å². The standard InChI is InChI=1S/C29H37NO2/c31-20-21-15-17-30(18-16-21)25-10-7-23(8-11-25)29-27(22-5-3-1-2-4-6-22)13-9-24-19-26(32)12-14-28(24)29/h7-8,10-12,14,19-22,27,29,32H,1-6,9,13,15-18H2/t27-,29+/m0/s1. The Labute approximate surface area is 192 Å². The fourth-order valence-electron chi connectivity index (χ4n) is 6.69. The highest BCUT2D eigenvalue weighted by Gasteiger charge is 2.36. The lowest BCUT2D eigenvalue weighted by atomic mass is 9.65. The molecule has 1 saturated carbocycles. The number of aromatic hydroxyl groups is 1. The molecule has 5 rings (SSSR count). The van der Waals surface area contributed by atoms with Gasteiger partial charge in [-0.05, 0) is 78.5 Å². The SMILES string of the molecule is O=CC1CCN(c2ccc([C@H]3c4ccc(O)cc4CC[C@H]3C3CCCCCC3)cc2)CC1. The first-order valence-corrected chi connectivity index (χ1v) is 12.8. The summed E-state index contributed by atoms with van der Waals surface area (Å²) in [5.41, 5.74) is 5.48. The number of anilines is 1. The van der Waals surface area contributed by atoms with Crippen LogP contribution in [0, 0.1) is 17.8 Å². The molecule has 2 aromatic rings. The number of hydrogen-bond acceptors (Lipinski definition) is 3. The van der Waals surface area contributed by atoms with Gasteiger partial charge in [0.25, 0.3) is 0 Å². The smallest absolute Gasteiger partial charge is 0.123 e. The van der Waals surface area contributed by atoms with Crippen LogP contribution < -0.4 is 4.90 Å². The van der Waals surface area contributed by atoms with Gasteiger partial charge in [0.1, 0.15) is 12.0 Å². The molecular formula is C29H37NO2. The van der Waals surface area contributed by atoms with E-state index in [9.17, 15) is 9.90 Å². The predicted octanol–water partition coefficient (Wildman–Crippen LogP) is 6.47. The minimum atomic E-state index is 0.237. The number of carbonyl (C=O) groups is 1. The van der Waals surface area contributed by atoms with E-state index in [0.717, 1.165) is 44.6 Å². The second kappa shape index (κ2) is 9.68. The van der Waals surface area contributed by atoms with Gasteiger partial charge in [0, 0.05) is 30.6 Å². The maximum absolute atomic E-state index is 11.1. The second-order valence-corrected chi connectivity index (χ2v) is 10.4. The van der Waals surface area contributed by atoms with Gasteiger partial charge >= 0.3 is 0 Å². The third-order valence-electron chi connectivity index (χ3n) is 8.49. The third kappa shape index (κ3) is 4.44. The maximum Gasteiger partial charge on any atom is 0.123 e. The zero-order valence-corrected chi connectivity index (χ0v) is 19.2. The summed E-state index contributed by atoms with van der Waals surface area (Å²) in [6.45, 7) is 1.94. The molecule has 2 aliphatic carbocycles. The molecule has 0 amide bonds. The largest absolute Gasteiger partial charge is 0.508 e. The van der Waals surface area contributed by atoms with E-state index < -0.39 is 0 Å². The van der Waals surface area contributed by atoms with Crippen LogP contribution >= 0.6 is 0 Å². The fraction of sp³-hybridized carbons (Fsp3) is 0.552. The first kappa shape index (κ1) is 21.6. The maximum atomic E-state index is 11.1. The first-order valence-electron chi connectivity index (χ1n) is 12.8. The Hall–Kier alpha value is -2.29. The van der Waals surface area contributed by atoms with E-state index in [1.807, 2.05) is 12.1 Å². The zero-order valence-electron chi connectivity index (χ0n) is 19.2. The summed E-state index contributed by atoms with van der Waals surface area (Å²) in [7, 11) is 0. The third-order valence-corrected chi connectivity index (χ3v) is 8.49. The molecule has 2 aromatic carbocycles. The Kier molecular flexibility index (Phi) is 6.52. The first-order chi connectivity index (χ1) is 15.7. The van der Waals surface area contributed by atoms with Gasteiger partial charge in [0.15, 0.2) is 0 Å². The molecule has 0 bridgehead atoms. The number of nitrogens with zero attached hydrogens (tertiary/aromatic N) is 1. The van der Waals surface area contributed by atoms with Crippen LogP contribution in [0.2, 0.25) is 0 Å². The van der Waals surface area contributed by atoms with Crippen LogP contribution in [0.5, 0.6) is 5.75 Å². The van der Waals surface area contributed by atoms with Crippen molar-refractivity contribution in [2.45, 2.75) is 70.1 Å². The lowest BCUT2D eigenvalue weighted by molar-refractivity contribution is -0.111. The summed E-state index contributed by atoms with van der Waals surface area (Å²) in [5.74, 6) is 2.56. The van der Waals surface area contributed by atoms with Gasteiger partial charge in [-0.15, -0.1) is 0 Å². The number of phenols is 1. The van der Waals surface area contributed by atoms with Gasteiger partial charge in [-0.2, -0.15) is 0 Å². The van der Waals surface area contributed by atoms with Gasteiger partial charge < -0.3 is 14.8 Å². The van der Waals surface area contributed by atoms with Crippen molar-refractivity contribution in [2.24, 2.45) is 17.8 Å². The Morgan fingerprint density at radius 2 is 1.56 bits per heavy atom. The van der Waals surface area contributed by atoms with Crippen LogP contribution in [0.15, 0.2) is 42.5 Å². The average molecular weight is 432 g/mol. The van der Waals surface area contributed by atoms with Crippen molar-refractivity contribution in [1.82, 2.24) is 0 Å². The van der Waals surface area contributed by atoms with E-state index in [1.54, 1.807) is 0 Å². The Morgan fingerprint density at radius 3 is 2.25 bits per heavy atom. The van der Waals surface area contributed by atoms with Gasteiger partial charge in [-0.3, -0.25) is 0 Å². The summed E-state index contributed by atoms with van der Waals surface area (Å²) in [4.78, 5) is 13.5. The van der Waals surface area contributed by atoms with E-state index in [1.165, 1.54) is 67.3 Å². The molecule has 0 unspecified atom stereocenters. The number of rotatable bonds is 4.